The molecule has 0 spiro atoms. The second-order valence-electron chi connectivity index (χ2n) is 8.10. The third kappa shape index (κ3) is 4.66. The van der Waals surface area contributed by atoms with Crippen LogP contribution in [-0.4, -0.2) is 22.3 Å². The zero-order chi connectivity index (χ0) is 22.8. The summed E-state index contributed by atoms with van der Waals surface area (Å²) in [6.45, 7) is 2.75. The van der Waals surface area contributed by atoms with Crippen molar-refractivity contribution in [3.8, 4) is 17.0 Å². The van der Waals surface area contributed by atoms with Crippen molar-refractivity contribution in [2.24, 2.45) is 12.3 Å². The summed E-state index contributed by atoms with van der Waals surface area (Å²) < 4.78 is 28.8. The Morgan fingerprint density at radius 3 is 2.88 bits per heavy atom. The molecule has 33 heavy (non-hydrogen) atoms. The van der Waals surface area contributed by atoms with Crippen LogP contribution in [-0.2, 0) is 0 Å². The van der Waals surface area contributed by atoms with Gasteiger partial charge in [0.15, 0.2) is 0 Å². The van der Waals surface area contributed by atoms with Crippen molar-refractivity contribution in [3.63, 3.8) is 0 Å². The van der Waals surface area contributed by atoms with E-state index in [1.807, 2.05) is 6.08 Å². The molecule has 0 amide bonds. The van der Waals surface area contributed by atoms with E-state index in [0.717, 1.165) is 40.8 Å². The predicted molar refractivity (Wildman–Crippen MR) is 139 cm³/mol. The molecule has 1 aromatic carbocycles. The smallest absolute Gasteiger partial charge is 0.144 e. The number of aromatic amines is 1. The molecule has 3 heterocycles. The van der Waals surface area contributed by atoms with Gasteiger partial charge >= 0.3 is 0 Å². The average molecular weight is 555 g/mol. The van der Waals surface area contributed by atoms with Crippen molar-refractivity contribution >= 4 is 43.9 Å². The van der Waals surface area contributed by atoms with E-state index >= 15 is 0 Å². The number of hydrogen-bond donors (Lipinski definition) is 2. The molecule has 0 bridgehead atoms. The predicted octanol–water partition coefficient (Wildman–Crippen LogP) is 6.63. The number of fused-ring (bicyclic) bond motifs is 1. The van der Waals surface area contributed by atoms with Crippen molar-refractivity contribution in [3.05, 3.63) is 77.8 Å². The Labute approximate surface area is 201 Å². The van der Waals surface area contributed by atoms with Crippen LogP contribution in [0, 0.1) is 11.7 Å². The van der Waals surface area contributed by atoms with E-state index < -0.39 is 21.3 Å². The lowest BCUT2D eigenvalue weighted by molar-refractivity contribution is 0.322. The van der Waals surface area contributed by atoms with E-state index in [2.05, 4.69) is 38.3 Å². The van der Waals surface area contributed by atoms with Crippen LogP contribution in [0.25, 0.3) is 22.3 Å². The fourth-order valence-electron chi connectivity index (χ4n) is 4.13. The third-order valence-electron chi connectivity index (χ3n) is 5.63. The molecule has 1 atom stereocenters. The van der Waals surface area contributed by atoms with Crippen LogP contribution < -0.4 is 10.5 Å². The van der Waals surface area contributed by atoms with E-state index in [1.54, 1.807) is 24.4 Å². The van der Waals surface area contributed by atoms with Crippen LogP contribution in [0.2, 0.25) is 0 Å². The van der Waals surface area contributed by atoms with Gasteiger partial charge in [-0.1, -0.05) is 30.7 Å². The summed E-state index contributed by atoms with van der Waals surface area (Å²) in [5.74, 6) is 1.29. The lowest BCUT2D eigenvalue weighted by atomic mass is 9.94. The van der Waals surface area contributed by atoms with E-state index in [9.17, 15) is 4.39 Å². The van der Waals surface area contributed by atoms with Crippen LogP contribution in [0.1, 0.15) is 25.3 Å². The number of pyridine rings is 1. The fourth-order valence-corrected chi connectivity index (χ4v) is 5.19. The number of aromatic nitrogens is 2. The normalized spacial score (nSPS) is 17.6. The molecule has 6 nitrogen and oxygen atoms in total. The van der Waals surface area contributed by atoms with Gasteiger partial charge in [0.1, 0.15) is 44.3 Å². The number of allylic oxidation sites excluding steroid dienone is 4. The number of benzene rings is 1. The summed E-state index contributed by atoms with van der Waals surface area (Å²) in [5.41, 5.74) is 11.4. The highest BCUT2D eigenvalue weighted by Crippen LogP contribution is 2.38. The highest BCUT2D eigenvalue weighted by molar-refractivity contribution is 14.1. The van der Waals surface area contributed by atoms with Gasteiger partial charge in [0, 0.05) is 24.3 Å². The summed E-state index contributed by atoms with van der Waals surface area (Å²) in [7, 11) is 0. The molecule has 0 radical (unpaired) electrons. The number of hydrogen-bond acceptors (Lipinski definition) is 5. The maximum absolute atomic E-state index is 13.6. The summed E-state index contributed by atoms with van der Waals surface area (Å²) >= 11 is -0.666. The summed E-state index contributed by atoms with van der Waals surface area (Å²) in [5, 5.41) is 0.823. The Morgan fingerprint density at radius 1 is 1.27 bits per heavy atom. The van der Waals surface area contributed by atoms with Gasteiger partial charge in [0.2, 0.25) is 0 Å². The highest BCUT2D eigenvalue weighted by atomic mass is 127. The zero-order valence-corrected chi connectivity index (χ0v) is 20.2. The summed E-state index contributed by atoms with van der Waals surface area (Å²) in [6, 6.07) is 8.13. The van der Waals surface area contributed by atoms with Crippen LogP contribution in [0.5, 0.6) is 5.75 Å². The zero-order valence-electron chi connectivity index (χ0n) is 18.1. The van der Waals surface area contributed by atoms with Gasteiger partial charge in [-0.3, -0.25) is 0 Å². The molecular formula is C25H23FIN5O. The van der Waals surface area contributed by atoms with Crippen molar-refractivity contribution in [1.82, 2.24) is 9.97 Å². The van der Waals surface area contributed by atoms with Gasteiger partial charge < -0.3 is 15.5 Å². The van der Waals surface area contributed by atoms with Gasteiger partial charge in [0.25, 0.3) is 0 Å². The van der Waals surface area contributed by atoms with E-state index in [0.29, 0.717) is 29.7 Å². The summed E-state index contributed by atoms with van der Waals surface area (Å²) in [6.07, 6.45) is 12.1. The Balaban J connectivity index is 1.58. The largest absolute Gasteiger partial charge is 0.492 e. The molecule has 1 aliphatic carbocycles. The van der Waals surface area contributed by atoms with Crippen molar-refractivity contribution in [2.45, 2.75) is 19.8 Å². The Bertz CT molecular complexity index is 1350. The van der Waals surface area contributed by atoms with Gasteiger partial charge in [-0.15, -0.1) is 0 Å². The molecule has 0 fully saturated rings. The molecule has 2 aromatic heterocycles. The minimum Gasteiger partial charge on any atom is -0.492 e. The second-order valence-corrected chi connectivity index (χ2v) is 9.57. The average Bonchev–Trinajstić information content (AvgIpc) is 3.19. The van der Waals surface area contributed by atoms with E-state index in [-0.39, 0.29) is 5.82 Å². The van der Waals surface area contributed by atoms with Gasteiger partial charge in [-0.2, -0.15) is 0 Å². The lowest BCUT2D eigenvalue weighted by Gasteiger charge is -2.15. The Hall–Kier alpha value is -3.14. The highest BCUT2D eigenvalue weighted by Gasteiger charge is 2.22. The maximum atomic E-state index is 13.6. The topological polar surface area (TPSA) is 88.6 Å². The first-order valence-electron chi connectivity index (χ1n) is 10.7. The number of halogens is 2. The molecule has 8 heteroatoms. The minimum absolute atomic E-state index is 0.288. The number of nitrogen functional groups attached to an aromatic ring is 1. The molecule has 168 valence electrons. The van der Waals surface area contributed by atoms with Gasteiger partial charge in [0.05, 0.1) is 23.4 Å². The molecule has 3 aromatic rings. The first kappa shape index (κ1) is 21.7. The minimum atomic E-state index is -0.666. The number of H-pyrrole nitrogens is 1. The lowest BCUT2D eigenvalue weighted by Crippen LogP contribution is -2.05. The molecule has 1 aliphatic heterocycles. The first-order chi connectivity index (χ1) is 16.1. The van der Waals surface area contributed by atoms with Crippen molar-refractivity contribution < 1.29 is 9.13 Å². The Kier molecular flexibility index (Phi) is 6.17. The van der Waals surface area contributed by atoms with Crippen LogP contribution in [0.15, 0.2) is 72.8 Å². The molecular weight excluding hydrogens is 532 g/mol. The quantitative estimate of drug-likeness (QED) is 0.335. The van der Waals surface area contributed by atoms with Crippen LogP contribution >= 0.6 is 21.3 Å². The standard InChI is InChI=1S/C25H23FIN5O/c1-15-3-2-4-16(13-15)10-12-33-20-14-21(28)30-25-23(20)22(19-9-11-29-27-32-19)24(31-25)17-5-7-18(26)8-6-17/h2-9,11,14-15H,10,12-13H2,1H3,(H3,28,30,31). The molecule has 1 unspecified atom stereocenters. The summed E-state index contributed by atoms with van der Waals surface area (Å²) in [4.78, 5) is 7.89. The first-order valence-corrected chi connectivity index (χ1v) is 12.7. The Morgan fingerprint density at radius 2 is 2.12 bits per heavy atom. The number of nitrogens with two attached hydrogens (primary N) is 1. The third-order valence-corrected chi connectivity index (χ3v) is 6.94. The fraction of sp³-hybridized carbons (Fsp3) is 0.200. The van der Waals surface area contributed by atoms with Gasteiger partial charge in [-0.25, -0.2) is 15.7 Å². The molecule has 0 saturated carbocycles. The number of nitrogens with zero attached hydrogens (tertiary/aromatic N) is 3. The molecule has 0 saturated heterocycles. The second kappa shape index (κ2) is 9.38. The number of nitrogens with one attached hydrogen (secondary N) is 1. The van der Waals surface area contributed by atoms with Crippen LogP contribution in [0.4, 0.5) is 10.2 Å². The SMILES string of the molecule is CC1C=CC=C(CCOc2cc(N)nc3[nH]c(-c4ccc(F)cc4)c(C4=NI=NC=C4)c23)C1. The number of ether oxygens (including phenoxy) is 1. The van der Waals surface area contributed by atoms with Crippen LogP contribution in [0.3, 0.4) is 0 Å². The molecule has 2 aliphatic rings. The number of rotatable bonds is 6. The van der Waals surface area contributed by atoms with E-state index in [1.165, 1.54) is 17.7 Å². The molecule has 3 N–H and O–H groups in total. The molecule has 5 rings (SSSR count). The maximum Gasteiger partial charge on any atom is 0.144 e. The number of anilines is 1. The van der Waals surface area contributed by atoms with Crippen molar-refractivity contribution in [1.29, 1.82) is 0 Å². The van der Waals surface area contributed by atoms with Crippen molar-refractivity contribution in [2.75, 3.05) is 12.3 Å². The van der Waals surface area contributed by atoms with Gasteiger partial charge in [-0.05, 0) is 48.2 Å². The monoisotopic (exact) mass is 555 g/mol. The van der Waals surface area contributed by atoms with E-state index in [4.69, 9.17) is 13.7 Å².